The fourth-order valence-corrected chi connectivity index (χ4v) is 2.37. The lowest BCUT2D eigenvalue weighted by molar-refractivity contribution is 0.470. The molecule has 1 N–H and O–H groups in total. The fraction of sp³-hybridized carbons (Fsp3) is 0.368. The largest absolute Gasteiger partial charge is 0.357 e. The zero-order valence-electron chi connectivity index (χ0n) is 15.1. The van der Waals surface area contributed by atoms with E-state index in [1.54, 1.807) is 0 Å². The standard InChI is InChI=1S/C19H27N5.HI/c1-4-6-10-14-23(3)19(20-5-2)21-16-17-13-15-24(22-17)18-11-8-7-9-12-18;/h4,7-9,11-13,15H,1,5-6,10,14,16H2,2-3H3,(H,20,21);1H. The molecular formula is C19H28IN5. The van der Waals surface area contributed by atoms with Crippen LogP contribution in [0.25, 0.3) is 5.69 Å². The molecule has 0 radical (unpaired) electrons. The molecule has 0 aliphatic rings. The molecule has 2 aromatic rings. The number of hydrogen-bond donors (Lipinski definition) is 1. The molecule has 0 bridgehead atoms. The number of para-hydroxylation sites is 1. The molecule has 0 spiro atoms. The Balaban J connectivity index is 0.00000312. The van der Waals surface area contributed by atoms with Gasteiger partial charge in [0.15, 0.2) is 5.96 Å². The van der Waals surface area contributed by atoms with Crippen LogP contribution in [-0.2, 0) is 6.54 Å². The summed E-state index contributed by atoms with van der Waals surface area (Å²) in [4.78, 5) is 6.85. The molecule has 0 atom stereocenters. The molecule has 0 aliphatic carbocycles. The van der Waals surface area contributed by atoms with Crippen LogP contribution in [0.5, 0.6) is 0 Å². The molecule has 0 unspecified atom stereocenters. The van der Waals surface area contributed by atoms with Crippen molar-refractivity contribution in [2.45, 2.75) is 26.3 Å². The highest BCUT2D eigenvalue weighted by Crippen LogP contribution is 2.07. The van der Waals surface area contributed by atoms with Gasteiger partial charge in [0, 0.05) is 26.3 Å². The second-order valence-corrected chi connectivity index (χ2v) is 5.61. The van der Waals surface area contributed by atoms with Crippen molar-refractivity contribution in [3.63, 3.8) is 0 Å². The number of hydrogen-bond acceptors (Lipinski definition) is 2. The van der Waals surface area contributed by atoms with E-state index in [9.17, 15) is 0 Å². The maximum atomic E-state index is 4.70. The normalized spacial score (nSPS) is 10.9. The maximum Gasteiger partial charge on any atom is 0.194 e. The third-order valence-electron chi connectivity index (χ3n) is 3.65. The van der Waals surface area contributed by atoms with E-state index in [4.69, 9.17) is 4.99 Å². The number of halogens is 1. The van der Waals surface area contributed by atoms with Gasteiger partial charge in [-0.3, -0.25) is 0 Å². The van der Waals surface area contributed by atoms with Gasteiger partial charge < -0.3 is 10.2 Å². The number of rotatable bonds is 8. The summed E-state index contributed by atoms with van der Waals surface area (Å²) in [6, 6.07) is 12.1. The van der Waals surface area contributed by atoms with Gasteiger partial charge in [0.2, 0.25) is 0 Å². The smallest absolute Gasteiger partial charge is 0.194 e. The molecule has 5 nitrogen and oxygen atoms in total. The first-order valence-corrected chi connectivity index (χ1v) is 8.45. The Morgan fingerprint density at radius 2 is 2.08 bits per heavy atom. The number of guanidine groups is 1. The van der Waals surface area contributed by atoms with Gasteiger partial charge in [-0.1, -0.05) is 24.3 Å². The average molecular weight is 453 g/mol. The Kier molecular flexibility index (Phi) is 9.91. The zero-order valence-corrected chi connectivity index (χ0v) is 17.4. The maximum absolute atomic E-state index is 4.70. The summed E-state index contributed by atoms with van der Waals surface area (Å²) in [7, 11) is 2.06. The van der Waals surface area contributed by atoms with Crippen molar-refractivity contribution in [1.82, 2.24) is 20.0 Å². The van der Waals surface area contributed by atoms with E-state index >= 15 is 0 Å². The molecule has 1 aromatic heterocycles. The highest BCUT2D eigenvalue weighted by Gasteiger charge is 2.06. The number of allylic oxidation sites excluding steroid dienone is 1. The topological polar surface area (TPSA) is 45.5 Å². The Hall–Kier alpha value is -1.83. The SMILES string of the molecule is C=CCCCN(C)C(=NCc1ccn(-c2ccccc2)n1)NCC.I. The molecule has 0 aliphatic heterocycles. The molecule has 25 heavy (non-hydrogen) atoms. The van der Waals surface area contributed by atoms with Crippen LogP contribution < -0.4 is 5.32 Å². The van der Waals surface area contributed by atoms with E-state index in [0.717, 1.165) is 43.3 Å². The molecule has 1 aromatic carbocycles. The highest BCUT2D eigenvalue weighted by molar-refractivity contribution is 14.0. The van der Waals surface area contributed by atoms with Crippen LogP contribution in [0, 0.1) is 0 Å². The molecular weight excluding hydrogens is 425 g/mol. The average Bonchev–Trinajstić information content (AvgIpc) is 3.08. The minimum Gasteiger partial charge on any atom is -0.357 e. The van der Waals surface area contributed by atoms with E-state index in [2.05, 4.69) is 35.9 Å². The fourth-order valence-electron chi connectivity index (χ4n) is 2.37. The summed E-state index contributed by atoms with van der Waals surface area (Å²) in [6.07, 6.45) is 6.02. The van der Waals surface area contributed by atoms with Crippen LogP contribution in [0.4, 0.5) is 0 Å². The summed E-state index contributed by atoms with van der Waals surface area (Å²) in [6.45, 7) is 8.22. The lowest BCUT2D eigenvalue weighted by Crippen LogP contribution is -2.39. The van der Waals surface area contributed by atoms with Crippen LogP contribution in [0.15, 0.2) is 60.2 Å². The number of nitrogens with one attached hydrogen (secondary N) is 1. The van der Waals surface area contributed by atoms with Gasteiger partial charge in [-0.2, -0.15) is 5.10 Å². The third kappa shape index (κ3) is 6.89. The molecule has 0 saturated carbocycles. The lowest BCUT2D eigenvalue weighted by Gasteiger charge is -2.21. The van der Waals surface area contributed by atoms with Gasteiger partial charge in [0.05, 0.1) is 17.9 Å². The molecule has 6 heteroatoms. The van der Waals surface area contributed by atoms with Gasteiger partial charge in [0.1, 0.15) is 0 Å². The second-order valence-electron chi connectivity index (χ2n) is 5.61. The minimum absolute atomic E-state index is 0. The molecule has 136 valence electrons. The van der Waals surface area contributed by atoms with Gasteiger partial charge in [0.25, 0.3) is 0 Å². The molecule has 2 rings (SSSR count). The van der Waals surface area contributed by atoms with Gasteiger partial charge in [-0.15, -0.1) is 30.6 Å². The summed E-state index contributed by atoms with van der Waals surface area (Å²) < 4.78 is 1.88. The van der Waals surface area contributed by atoms with Crippen molar-refractivity contribution >= 4 is 29.9 Å². The number of nitrogens with zero attached hydrogens (tertiary/aromatic N) is 4. The van der Waals surface area contributed by atoms with Gasteiger partial charge in [-0.25, -0.2) is 9.67 Å². The molecule has 0 amide bonds. The Morgan fingerprint density at radius 3 is 2.76 bits per heavy atom. The first-order valence-electron chi connectivity index (χ1n) is 8.45. The first kappa shape index (κ1) is 21.2. The number of benzene rings is 1. The van der Waals surface area contributed by atoms with Crippen LogP contribution >= 0.6 is 24.0 Å². The predicted molar refractivity (Wildman–Crippen MR) is 116 cm³/mol. The molecule has 1 heterocycles. The number of aliphatic imine (C=N–C) groups is 1. The molecule has 0 saturated heterocycles. The van der Waals surface area contributed by atoms with Gasteiger partial charge in [-0.05, 0) is 38.0 Å². The summed E-state index contributed by atoms with van der Waals surface area (Å²) in [5.41, 5.74) is 2.01. The Bertz CT molecular complexity index is 651. The van der Waals surface area contributed by atoms with Crippen molar-refractivity contribution in [2.24, 2.45) is 4.99 Å². The van der Waals surface area contributed by atoms with E-state index in [1.165, 1.54) is 0 Å². The summed E-state index contributed by atoms with van der Waals surface area (Å²) in [5.74, 6) is 0.913. The third-order valence-corrected chi connectivity index (χ3v) is 3.65. The quantitative estimate of drug-likeness (QED) is 0.217. The Morgan fingerprint density at radius 1 is 1.32 bits per heavy atom. The van der Waals surface area contributed by atoms with E-state index in [1.807, 2.05) is 53.4 Å². The van der Waals surface area contributed by atoms with Crippen molar-refractivity contribution in [3.05, 3.63) is 60.9 Å². The zero-order chi connectivity index (χ0) is 17.2. The lowest BCUT2D eigenvalue weighted by atomic mass is 10.3. The summed E-state index contributed by atoms with van der Waals surface area (Å²) in [5, 5.41) is 7.93. The van der Waals surface area contributed by atoms with Crippen LogP contribution in [0.2, 0.25) is 0 Å². The number of aromatic nitrogens is 2. The highest BCUT2D eigenvalue weighted by atomic mass is 127. The van der Waals surface area contributed by atoms with E-state index < -0.39 is 0 Å². The number of unbranched alkanes of at least 4 members (excludes halogenated alkanes) is 1. The van der Waals surface area contributed by atoms with E-state index in [0.29, 0.717) is 6.54 Å². The first-order chi connectivity index (χ1) is 11.7. The summed E-state index contributed by atoms with van der Waals surface area (Å²) >= 11 is 0. The van der Waals surface area contributed by atoms with Crippen molar-refractivity contribution in [1.29, 1.82) is 0 Å². The second kappa shape index (κ2) is 11.7. The van der Waals surface area contributed by atoms with Crippen LogP contribution in [-0.4, -0.2) is 40.8 Å². The predicted octanol–water partition coefficient (Wildman–Crippen LogP) is 3.85. The Labute approximate surface area is 167 Å². The minimum atomic E-state index is 0. The monoisotopic (exact) mass is 453 g/mol. The van der Waals surface area contributed by atoms with Gasteiger partial charge >= 0.3 is 0 Å². The van der Waals surface area contributed by atoms with Crippen LogP contribution in [0.3, 0.4) is 0 Å². The van der Waals surface area contributed by atoms with Crippen molar-refractivity contribution < 1.29 is 0 Å². The van der Waals surface area contributed by atoms with Crippen molar-refractivity contribution in [2.75, 3.05) is 20.1 Å². The van der Waals surface area contributed by atoms with Crippen LogP contribution in [0.1, 0.15) is 25.5 Å². The molecule has 0 fully saturated rings. The van der Waals surface area contributed by atoms with Crippen molar-refractivity contribution in [3.8, 4) is 5.69 Å². The van der Waals surface area contributed by atoms with E-state index in [-0.39, 0.29) is 24.0 Å².